The first-order chi connectivity index (χ1) is 15.6. The largest absolute Gasteiger partial charge is 0.492 e. The highest BCUT2D eigenvalue weighted by molar-refractivity contribution is 6.31. The molecule has 0 fully saturated rings. The fourth-order valence-corrected chi connectivity index (χ4v) is 3.92. The van der Waals surface area contributed by atoms with Gasteiger partial charge in [-0.05, 0) is 48.4 Å². The summed E-state index contributed by atoms with van der Waals surface area (Å²) in [6.07, 6.45) is 0.897. The van der Waals surface area contributed by atoms with Gasteiger partial charge in [-0.3, -0.25) is 4.79 Å². The van der Waals surface area contributed by atoms with Gasteiger partial charge in [-0.1, -0.05) is 54.1 Å². The van der Waals surface area contributed by atoms with E-state index >= 15 is 0 Å². The van der Waals surface area contributed by atoms with Crippen LogP contribution in [0.4, 0.5) is 0 Å². The Bertz CT molecular complexity index is 1220. The summed E-state index contributed by atoms with van der Waals surface area (Å²) in [7, 11) is 0. The smallest absolute Gasteiger partial charge is 0.224 e. The van der Waals surface area contributed by atoms with Crippen molar-refractivity contribution in [2.45, 2.75) is 26.3 Å². The molecule has 1 heterocycles. The zero-order valence-electron chi connectivity index (χ0n) is 18.1. The zero-order valence-corrected chi connectivity index (χ0v) is 18.8. The quantitative estimate of drug-likeness (QED) is 0.393. The number of nitrogens with one attached hydrogen (secondary N) is 1. The Morgan fingerprint density at radius 2 is 1.88 bits per heavy atom. The maximum absolute atomic E-state index is 12.4. The number of hydrogen-bond acceptors (Lipinski definition) is 3. The molecule has 1 aromatic heterocycles. The van der Waals surface area contributed by atoms with E-state index in [0.29, 0.717) is 31.1 Å². The second-order valence-electron chi connectivity index (χ2n) is 7.70. The van der Waals surface area contributed by atoms with Crippen molar-refractivity contribution in [2.24, 2.45) is 0 Å². The average molecular weight is 448 g/mol. The van der Waals surface area contributed by atoms with Gasteiger partial charge in [0.15, 0.2) is 0 Å². The number of hydrogen-bond donors (Lipinski definition) is 1. The number of para-hydroxylation sites is 2. The van der Waals surface area contributed by atoms with Gasteiger partial charge in [-0.2, -0.15) is 0 Å². The molecule has 0 atom stereocenters. The molecule has 0 saturated heterocycles. The zero-order chi connectivity index (χ0) is 22.3. The Morgan fingerprint density at radius 1 is 1.06 bits per heavy atom. The number of fused-ring (bicyclic) bond motifs is 1. The van der Waals surface area contributed by atoms with Crippen LogP contribution in [-0.2, 0) is 24.2 Å². The standard InChI is InChI=1S/C26H26ClN3O2/c1-19-7-6-9-21(17-19)32-16-15-30-24-12-5-4-11-23(24)29-25(30)13-14-28-26(31)18-20-8-2-3-10-22(20)27/h2-12,17H,13-16,18H2,1H3,(H,28,31). The highest BCUT2D eigenvalue weighted by Crippen LogP contribution is 2.18. The van der Waals surface area contributed by atoms with Crippen molar-refractivity contribution in [3.63, 3.8) is 0 Å². The van der Waals surface area contributed by atoms with E-state index in [1.165, 1.54) is 5.56 Å². The number of nitrogens with zero attached hydrogens (tertiary/aromatic N) is 2. The third-order valence-corrected chi connectivity index (χ3v) is 5.66. The van der Waals surface area contributed by atoms with Gasteiger partial charge in [0.25, 0.3) is 0 Å². The van der Waals surface area contributed by atoms with Crippen LogP contribution in [0.5, 0.6) is 5.75 Å². The lowest BCUT2D eigenvalue weighted by Gasteiger charge is -2.12. The van der Waals surface area contributed by atoms with Gasteiger partial charge in [0.05, 0.1) is 24.0 Å². The van der Waals surface area contributed by atoms with Gasteiger partial charge in [-0.25, -0.2) is 4.98 Å². The summed E-state index contributed by atoms with van der Waals surface area (Å²) < 4.78 is 8.13. The summed E-state index contributed by atoms with van der Waals surface area (Å²) in [6, 6.07) is 23.5. The number of ether oxygens (including phenoxy) is 1. The molecular formula is C26H26ClN3O2. The number of imidazole rings is 1. The van der Waals surface area contributed by atoms with Crippen molar-refractivity contribution in [1.82, 2.24) is 14.9 Å². The fraction of sp³-hybridized carbons (Fsp3) is 0.231. The first-order valence-electron chi connectivity index (χ1n) is 10.7. The highest BCUT2D eigenvalue weighted by Gasteiger charge is 2.12. The molecule has 0 bridgehead atoms. The lowest BCUT2D eigenvalue weighted by molar-refractivity contribution is -0.120. The second kappa shape index (κ2) is 10.3. The van der Waals surface area contributed by atoms with Crippen molar-refractivity contribution in [2.75, 3.05) is 13.2 Å². The second-order valence-corrected chi connectivity index (χ2v) is 8.11. The van der Waals surface area contributed by atoms with Crippen LogP contribution >= 0.6 is 11.6 Å². The molecule has 3 aromatic carbocycles. The number of rotatable bonds is 9. The molecule has 5 nitrogen and oxygen atoms in total. The first kappa shape index (κ1) is 21.9. The minimum absolute atomic E-state index is 0.0523. The number of aromatic nitrogens is 2. The van der Waals surface area contributed by atoms with E-state index in [-0.39, 0.29) is 12.3 Å². The van der Waals surface area contributed by atoms with Crippen LogP contribution in [0.15, 0.2) is 72.8 Å². The summed E-state index contributed by atoms with van der Waals surface area (Å²) >= 11 is 6.16. The van der Waals surface area contributed by atoms with Gasteiger partial charge < -0.3 is 14.6 Å². The van der Waals surface area contributed by atoms with Crippen molar-refractivity contribution in [3.8, 4) is 5.75 Å². The molecule has 0 spiro atoms. The Labute approximate surface area is 193 Å². The number of carbonyl (C=O) groups excluding carboxylic acids is 1. The van der Waals surface area contributed by atoms with E-state index < -0.39 is 0 Å². The lowest BCUT2D eigenvalue weighted by atomic mass is 10.1. The van der Waals surface area contributed by atoms with Crippen LogP contribution in [0.2, 0.25) is 5.02 Å². The van der Waals surface area contributed by atoms with Crippen molar-refractivity contribution in [3.05, 3.63) is 94.8 Å². The number of halogens is 1. The predicted molar refractivity (Wildman–Crippen MR) is 128 cm³/mol. The SMILES string of the molecule is Cc1cccc(OCCn2c(CCNC(=O)Cc3ccccc3Cl)nc3ccccc32)c1. The molecule has 4 aromatic rings. The van der Waals surface area contributed by atoms with Crippen LogP contribution < -0.4 is 10.1 Å². The van der Waals surface area contributed by atoms with Gasteiger partial charge in [0, 0.05) is 18.0 Å². The van der Waals surface area contributed by atoms with Gasteiger partial charge in [-0.15, -0.1) is 0 Å². The Morgan fingerprint density at radius 3 is 2.72 bits per heavy atom. The molecule has 0 radical (unpaired) electrons. The number of amides is 1. The maximum atomic E-state index is 12.4. The Hall–Kier alpha value is -3.31. The molecule has 0 aliphatic rings. The van der Waals surface area contributed by atoms with E-state index in [0.717, 1.165) is 28.2 Å². The van der Waals surface area contributed by atoms with Gasteiger partial charge in [0.1, 0.15) is 18.2 Å². The molecule has 164 valence electrons. The van der Waals surface area contributed by atoms with Crippen LogP contribution in [-0.4, -0.2) is 28.6 Å². The highest BCUT2D eigenvalue weighted by atomic mass is 35.5. The monoisotopic (exact) mass is 447 g/mol. The summed E-state index contributed by atoms with van der Waals surface area (Å²) in [4.78, 5) is 17.1. The van der Waals surface area contributed by atoms with E-state index in [4.69, 9.17) is 21.3 Å². The molecule has 6 heteroatoms. The molecule has 0 saturated carbocycles. The molecule has 32 heavy (non-hydrogen) atoms. The third-order valence-electron chi connectivity index (χ3n) is 5.29. The summed E-state index contributed by atoms with van der Waals surface area (Å²) in [5.74, 6) is 1.74. The molecule has 0 aliphatic carbocycles. The molecular weight excluding hydrogens is 422 g/mol. The predicted octanol–water partition coefficient (Wildman–Crippen LogP) is 4.98. The summed E-state index contributed by atoms with van der Waals surface area (Å²) in [6.45, 7) is 3.77. The van der Waals surface area contributed by atoms with Crippen LogP contribution in [0.1, 0.15) is 17.0 Å². The van der Waals surface area contributed by atoms with E-state index in [2.05, 4.69) is 16.0 Å². The molecule has 1 amide bonds. The van der Waals surface area contributed by atoms with Gasteiger partial charge >= 0.3 is 0 Å². The number of benzene rings is 3. The molecule has 0 aliphatic heterocycles. The van der Waals surface area contributed by atoms with Crippen LogP contribution in [0, 0.1) is 6.92 Å². The number of aryl methyl sites for hydroxylation is 1. The first-order valence-corrected chi connectivity index (χ1v) is 11.1. The minimum atomic E-state index is -0.0523. The van der Waals surface area contributed by atoms with Crippen molar-refractivity contribution < 1.29 is 9.53 Å². The maximum Gasteiger partial charge on any atom is 0.224 e. The number of carbonyl (C=O) groups is 1. The fourth-order valence-electron chi connectivity index (χ4n) is 3.72. The lowest BCUT2D eigenvalue weighted by Crippen LogP contribution is -2.28. The van der Waals surface area contributed by atoms with Crippen LogP contribution in [0.3, 0.4) is 0 Å². The normalized spacial score (nSPS) is 10.9. The molecule has 1 N–H and O–H groups in total. The average Bonchev–Trinajstić information content (AvgIpc) is 3.13. The molecule has 0 unspecified atom stereocenters. The summed E-state index contributed by atoms with van der Waals surface area (Å²) in [5, 5.41) is 3.59. The third kappa shape index (κ3) is 5.48. The van der Waals surface area contributed by atoms with Crippen LogP contribution in [0.25, 0.3) is 11.0 Å². The summed E-state index contributed by atoms with van der Waals surface area (Å²) in [5.41, 5.74) is 4.01. The van der Waals surface area contributed by atoms with E-state index in [1.54, 1.807) is 6.07 Å². The minimum Gasteiger partial charge on any atom is -0.492 e. The van der Waals surface area contributed by atoms with Crippen molar-refractivity contribution in [1.29, 1.82) is 0 Å². The van der Waals surface area contributed by atoms with E-state index in [9.17, 15) is 4.79 Å². The Balaban J connectivity index is 1.38. The van der Waals surface area contributed by atoms with Crippen molar-refractivity contribution >= 4 is 28.5 Å². The Kier molecular flexibility index (Phi) is 7.07. The van der Waals surface area contributed by atoms with Gasteiger partial charge in [0.2, 0.25) is 5.91 Å². The molecule has 4 rings (SSSR count). The topological polar surface area (TPSA) is 56.1 Å². The van der Waals surface area contributed by atoms with E-state index in [1.807, 2.05) is 67.6 Å².